The van der Waals surface area contributed by atoms with Gasteiger partial charge in [-0.05, 0) is 84.1 Å². The molecule has 0 N–H and O–H groups in total. The Labute approximate surface area is 301 Å². The number of fused-ring (bicyclic) bond motifs is 12. The molecule has 0 bridgehead atoms. The van der Waals surface area contributed by atoms with Gasteiger partial charge < -0.3 is 8.97 Å². The molecule has 244 valence electrons. The first-order chi connectivity index (χ1) is 25.8. The molecule has 0 saturated heterocycles. The monoisotopic (exact) mass is 663 g/mol. The summed E-state index contributed by atoms with van der Waals surface area (Å²) >= 11 is 0. The summed E-state index contributed by atoms with van der Waals surface area (Å²) in [6.07, 6.45) is 8.91. The van der Waals surface area contributed by atoms with Crippen molar-refractivity contribution in [3.63, 3.8) is 0 Å². The van der Waals surface area contributed by atoms with E-state index in [1.165, 1.54) is 76.6 Å². The first-order valence-corrected chi connectivity index (χ1v) is 18.1. The van der Waals surface area contributed by atoms with E-state index in [9.17, 15) is 0 Å². The molecule has 0 aliphatic heterocycles. The summed E-state index contributed by atoms with van der Waals surface area (Å²) in [6, 6.07) is 57.5. The quantitative estimate of drug-likeness (QED) is 0.172. The number of rotatable bonds is 4. The second-order valence-electron chi connectivity index (χ2n) is 13.9. The zero-order valence-corrected chi connectivity index (χ0v) is 28.5. The molecule has 3 nitrogen and oxygen atoms in total. The highest BCUT2D eigenvalue weighted by Crippen LogP contribution is 2.43. The Bertz CT molecular complexity index is 3120. The fourth-order valence-electron chi connectivity index (χ4n) is 8.56. The highest BCUT2D eigenvalue weighted by molar-refractivity contribution is 6.31. The molecule has 6 aromatic carbocycles. The molecule has 0 fully saturated rings. The Hall–Kier alpha value is -6.71. The molecule has 52 heavy (non-hydrogen) atoms. The number of benzene rings is 6. The van der Waals surface area contributed by atoms with Gasteiger partial charge in [0.25, 0.3) is 0 Å². The normalized spacial score (nSPS) is 13.3. The van der Waals surface area contributed by atoms with Gasteiger partial charge in [0.05, 0.1) is 39.0 Å². The fourth-order valence-corrected chi connectivity index (χ4v) is 8.56. The summed E-state index contributed by atoms with van der Waals surface area (Å²) < 4.78 is 4.88. The van der Waals surface area contributed by atoms with Crippen molar-refractivity contribution in [1.29, 1.82) is 0 Å². The van der Waals surface area contributed by atoms with Crippen molar-refractivity contribution >= 4 is 65.5 Å². The van der Waals surface area contributed by atoms with Crippen LogP contribution in [0.2, 0.25) is 0 Å². The van der Waals surface area contributed by atoms with E-state index in [1.807, 2.05) is 0 Å². The Kier molecular flexibility index (Phi) is 6.38. The molecule has 1 aliphatic carbocycles. The molecule has 0 atom stereocenters. The summed E-state index contributed by atoms with van der Waals surface area (Å²) in [4.78, 5) is 5.29. The number of para-hydroxylation sites is 3. The number of hydrogen-bond acceptors (Lipinski definition) is 1. The van der Waals surface area contributed by atoms with Crippen LogP contribution in [0.5, 0.6) is 0 Å². The van der Waals surface area contributed by atoms with Gasteiger partial charge in [-0.1, -0.05) is 121 Å². The molecular weight excluding hydrogens is 631 g/mol. The minimum Gasteiger partial charge on any atom is -0.309 e. The van der Waals surface area contributed by atoms with E-state index in [0.717, 1.165) is 35.5 Å². The van der Waals surface area contributed by atoms with Crippen molar-refractivity contribution < 1.29 is 0 Å². The lowest BCUT2D eigenvalue weighted by molar-refractivity contribution is 1.04. The largest absolute Gasteiger partial charge is 0.309 e. The van der Waals surface area contributed by atoms with E-state index in [2.05, 4.69) is 185 Å². The van der Waals surface area contributed by atoms with Crippen LogP contribution < -0.4 is 0 Å². The molecule has 4 aromatic heterocycles. The summed E-state index contributed by atoms with van der Waals surface area (Å²) in [5.74, 6) is 0. The standard InChI is InChI=1S/C49H33N3/c1-3-14-32(15-4-1)36-29-41(33-16-5-2-6-17-33)50-42(30-36)34-19-13-20-37(28-34)51-44-24-11-9-22-39(44)49-46(51)27-26-40-47-31-35-18-7-10-23-43(35)52(47)45-25-12-8-21-38(45)48(40)49/h1,3-5,7-31H,2,6H2. The van der Waals surface area contributed by atoms with Crippen LogP contribution in [-0.4, -0.2) is 14.0 Å². The summed E-state index contributed by atoms with van der Waals surface area (Å²) in [7, 11) is 0. The number of hydrogen-bond donors (Lipinski definition) is 0. The number of pyridine rings is 2. The molecule has 0 radical (unpaired) electrons. The van der Waals surface area contributed by atoms with Gasteiger partial charge >= 0.3 is 0 Å². The van der Waals surface area contributed by atoms with E-state index < -0.39 is 0 Å². The van der Waals surface area contributed by atoms with Gasteiger partial charge in [0.1, 0.15) is 0 Å². The average Bonchev–Trinajstić information content (AvgIpc) is 3.78. The van der Waals surface area contributed by atoms with Crippen LogP contribution in [-0.2, 0) is 0 Å². The van der Waals surface area contributed by atoms with Gasteiger partial charge in [-0.3, -0.25) is 0 Å². The zero-order valence-electron chi connectivity index (χ0n) is 28.5. The van der Waals surface area contributed by atoms with Gasteiger partial charge in [0.15, 0.2) is 0 Å². The van der Waals surface area contributed by atoms with Crippen molar-refractivity contribution in [3.05, 3.63) is 182 Å². The minimum atomic E-state index is 0.970. The summed E-state index contributed by atoms with van der Waals surface area (Å²) in [5.41, 5.74) is 13.8. The first kappa shape index (κ1) is 29.1. The van der Waals surface area contributed by atoms with Gasteiger partial charge in [0, 0.05) is 43.6 Å². The molecule has 1 aliphatic rings. The van der Waals surface area contributed by atoms with Gasteiger partial charge in [-0.25, -0.2) is 4.98 Å². The SMILES string of the molecule is C1=CC(c2cc(-c3ccccc3)cc(-c3cccc(-n4c5ccccc5c5c6c7ccccc7n7c8ccccc8cc7c6ccc54)c3)n2)=CCC1. The Morgan fingerprint density at radius 1 is 0.442 bits per heavy atom. The second-order valence-corrected chi connectivity index (χ2v) is 13.9. The maximum absolute atomic E-state index is 5.29. The Morgan fingerprint density at radius 2 is 1.15 bits per heavy atom. The van der Waals surface area contributed by atoms with Crippen molar-refractivity contribution in [2.45, 2.75) is 12.8 Å². The third-order valence-corrected chi connectivity index (χ3v) is 10.9. The molecule has 4 heterocycles. The number of nitrogens with zero attached hydrogens (tertiary/aromatic N) is 3. The van der Waals surface area contributed by atoms with Crippen LogP contribution in [0.25, 0.3) is 93.5 Å². The van der Waals surface area contributed by atoms with Crippen LogP contribution in [0.3, 0.4) is 0 Å². The number of allylic oxidation sites excluding steroid dienone is 4. The van der Waals surface area contributed by atoms with Crippen molar-refractivity contribution in [3.8, 4) is 28.1 Å². The second kappa shape index (κ2) is 11.4. The molecular formula is C49H33N3. The van der Waals surface area contributed by atoms with Crippen LogP contribution in [0.4, 0.5) is 0 Å². The topological polar surface area (TPSA) is 22.2 Å². The molecule has 0 saturated carbocycles. The fraction of sp³-hybridized carbons (Fsp3) is 0.0408. The number of aromatic nitrogens is 3. The maximum Gasteiger partial charge on any atom is 0.0716 e. The van der Waals surface area contributed by atoms with Crippen LogP contribution >= 0.6 is 0 Å². The lowest BCUT2D eigenvalue weighted by Crippen LogP contribution is -1.97. The minimum absolute atomic E-state index is 0.970. The van der Waals surface area contributed by atoms with E-state index >= 15 is 0 Å². The molecule has 0 unspecified atom stereocenters. The smallest absolute Gasteiger partial charge is 0.0716 e. The van der Waals surface area contributed by atoms with E-state index in [1.54, 1.807) is 0 Å². The van der Waals surface area contributed by atoms with E-state index in [4.69, 9.17) is 4.98 Å². The average molecular weight is 664 g/mol. The highest BCUT2D eigenvalue weighted by Gasteiger charge is 2.20. The lowest BCUT2D eigenvalue weighted by atomic mass is 9.97. The van der Waals surface area contributed by atoms with Crippen LogP contribution in [0, 0.1) is 0 Å². The zero-order chi connectivity index (χ0) is 34.2. The van der Waals surface area contributed by atoms with Gasteiger partial charge in [-0.15, -0.1) is 0 Å². The predicted molar refractivity (Wildman–Crippen MR) is 219 cm³/mol. The van der Waals surface area contributed by atoms with Gasteiger partial charge in [0.2, 0.25) is 0 Å². The summed E-state index contributed by atoms with van der Waals surface area (Å²) in [5, 5.41) is 7.61. The van der Waals surface area contributed by atoms with Gasteiger partial charge in [-0.2, -0.15) is 0 Å². The van der Waals surface area contributed by atoms with Crippen molar-refractivity contribution in [1.82, 2.24) is 14.0 Å². The molecule has 11 rings (SSSR count). The maximum atomic E-state index is 5.29. The Balaban J connectivity index is 1.18. The molecule has 10 aromatic rings. The van der Waals surface area contributed by atoms with E-state index in [0.29, 0.717) is 0 Å². The molecule has 0 spiro atoms. The van der Waals surface area contributed by atoms with E-state index in [-0.39, 0.29) is 0 Å². The predicted octanol–water partition coefficient (Wildman–Crippen LogP) is 13.0. The Morgan fingerprint density at radius 3 is 2.00 bits per heavy atom. The summed E-state index contributed by atoms with van der Waals surface area (Å²) in [6.45, 7) is 0. The van der Waals surface area contributed by atoms with Crippen LogP contribution in [0.15, 0.2) is 176 Å². The third kappa shape index (κ3) is 4.36. The highest BCUT2D eigenvalue weighted by atomic mass is 15.0. The van der Waals surface area contributed by atoms with Crippen molar-refractivity contribution in [2.24, 2.45) is 0 Å². The molecule has 3 heteroatoms. The molecule has 0 amide bonds. The first-order valence-electron chi connectivity index (χ1n) is 18.1. The third-order valence-electron chi connectivity index (χ3n) is 10.9. The lowest BCUT2D eigenvalue weighted by Gasteiger charge is -2.14. The van der Waals surface area contributed by atoms with Crippen molar-refractivity contribution in [2.75, 3.05) is 0 Å². The van der Waals surface area contributed by atoms with Crippen LogP contribution in [0.1, 0.15) is 18.5 Å².